The van der Waals surface area contributed by atoms with E-state index in [1.54, 1.807) is 6.21 Å². The van der Waals surface area contributed by atoms with E-state index in [-0.39, 0.29) is 11.3 Å². The Kier molecular flexibility index (Phi) is 9.02. The van der Waals surface area contributed by atoms with Crippen molar-refractivity contribution in [1.82, 2.24) is 0 Å². The quantitative estimate of drug-likeness (QED) is 0.117. The highest BCUT2D eigenvalue weighted by molar-refractivity contribution is 6.13. The number of benzene rings is 5. The predicted octanol–water partition coefficient (Wildman–Crippen LogP) is 10.2. The highest BCUT2D eigenvalue weighted by atomic mass is 14.9. The molecular formula is C40H37N3. The van der Waals surface area contributed by atoms with Gasteiger partial charge in [-0.15, -0.1) is 0 Å². The Morgan fingerprint density at radius 2 is 1.30 bits per heavy atom. The zero-order chi connectivity index (χ0) is 30.2. The molecule has 3 heteroatoms. The summed E-state index contributed by atoms with van der Waals surface area (Å²) in [5.74, 6) is 0.695. The average Bonchev–Trinajstić information content (AvgIpc) is 3.05. The highest BCUT2D eigenvalue weighted by Crippen LogP contribution is 2.33. The summed E-state index contributed by atoms with van der Waals surface area (Å²) < 4.78 is 0. The Hall–Kier alpha value is -5.15. The van der Waals surface area contributed by atoms with Crippen LogP contribution in [0.4, 0.5) is 0 Å². The van der Waals surface area contributed by atoms with E-state index in [1.807, 2.05) is 62.4 Å². The predicted molar refractivity (Wildman–Crippen MR) is 185 cm³/mol. The molecule has 0 aliphatic heterocycles. The van der Waals surface area contributed by atoms with Crippen molar-refractivity contribution in [2.75, 3.05) is 0 Å². The summed E-state index contributed by atoms with van der Waals surface area (Å²) in [5.41, 5.74) is 7.28. The molecule has 0 unspecified atom stereocenters. The van der Waals surface area contributed by atoms with Gasteiger partial charge in [-0.1, -0.05) is 147 Å². The Balaban J connectivity index is 1.41. The third-order valence-electron chi connectivity index (χ3n) is 7.82. The van der Waals surface area contributed by atoms with Gasteiger partial charge in [0.15, 0.2) is 5.84 Å². The molecule has 5 rings (SSSR count). The van der Waals surface area contributed by atoms with Crippen LogP contribution in [0.5, 0.6) is 0 Å². The van der Waals surface area contributed by atoms with Gasteiger partial charge in [0.2, 0.25) is 0 Å². The zero-order valence-corrected chi connectivity index (χ0v) is 25.3. The van der Waals surface area contributed by atoms with E-state index in [1.165, 1.54) is 33.0 Å². The number of hydrogen-bond acceptors (Lipinski definition) is 1. The topological polar surface area (TPSA) is 48.6 Å². The summed E-state index contributed by atoms with van der Waals surface area (Å²) in [6, 6.07) is 42.3. The zero-order valence-electron chi connectivity index (χ0n) is 25.3. The number of fused-ring (bicyclic) bond motifs is 1. The number of aliphatic imine (C=N–C) groups is 2. The first kappa shape index (κ1) is 29.3. The van der Waals surface area contributed by atoms with Crippen LogP contribution >= 0.6 is 0 Å². The first-order valence-electron chi connectivity index (χ1n) is 14.6. The second-order valence-electron chi connectivity index (χ2n) is 11.2. The second kappa shape index (κ2) is 13.2. The molecule has 3 nitrogen and oxygen atoms in total. The van der Waals surface area contributed by atoms with Crippen molar-refractivity contribution in [1.29, 1.82) is 5.41 Å². The number of hydrogen-bond donors (Lipinski definition) is 1. The lowest BCUT2D eigenvalue weighted by molar-refractivity contribution is 0.641. The van der Waals surface area contributed by atoms with Gasteiger partial charge in [0.1, 0.15) is 5.84 Å². The van der Waals surface area contributed by atoms with E-state index in [4.69, 9.17) is 10.4 Å². The van der Waals surface area contributed by atoms with Gasteiger partial charge in [0.25, 0.3) is 0 Å². The fraction of sp³-hybridized carbons (Fsp3) is 0.125. The molecule has 5 aromatic rings. The molecule has 0 amide bonds. The van der Waals surface area contributed by atoms with Crippen LogP contribution < -0.4 is 0 Å². The van der Waals surface area contributed by atoms with Gasteiger partial charge in [-0.3, -0.25) is 5.41 Å². The molecule has 0 aromatic heterocycles. The van der Waals surface area contributed by atoms with Gasteiger partial charge in [0.05, 0.1) is 0 Å². The standard InChI is InChI=1S/C40H37N3/c1-5-6-12-29(2)38(41)43-39(42-28-30-13-8-7-9-14-30)33-21-25-37(26-22-33)40(3,4)36-23-19-32(20-24-36)35-18-17-31-15-10-11-16-34(31)27-35/h5-28,41H,1-4H3/b6-5-,29-12+,41-38?,42-28+,43-39-. The van der Waals surface area contributed by atoms with E-state index in [9.17, 15) is 0 Å². The van der Waals surface area contributed by atoms with Crippen LogP contribution in [0.3, 0.4) is 0 Å². The van der Waals surface area contributed by atoms with E-state index in [0.717, 1.165) is 16.7 Å². The maximum absolute atomic E-state index is 8.55. The molecule has 1 N–H and O–H groups in total. The van der Waals surface area contributed by atoms with Crippen molar-refractivity contribution in [3.8, 4) is 11.1 Å². The lowest BCUT2D eigenvalue weighted by atomic mass is 9.77. The van der Waals surface area contributed by atoms with E-state index < -0.39 is 0 Å². The van der Waals surface area contributed by atoms with Crippen LogP contribution in [0.1, 0.15) is 49.9 Å². The number of allylic oxidation sites excluding steroid dienone is 3. The van der Waals surface area contributed by atoms with Gasteiger partial charge in [-0.2, -0.15) is 0 Å². The normalized spacial score (nSPS) is 12.8. The van der Waals surface area contributed by atoms with Crippen molar-refractivity contribution in [3.05, 3.63) is 167 Å². The summed E-state index contributed by atoms with van der Waals surface area (Å²) >= 11 is 0. The Bertz CT molecular complexity index is 1840. The minimum Gasteiger partial charge on any atom is -0.283 e. The molecule has 0 bridgehead atoms. The molecule has 0 radical (unpaired) electrons. The molecule has 5 aromatic carbocycles. The number of amidine groups is 2. The van der Waals surface area contributed by atoms with Crippen LogP contribution in [0.2, 0.25) is 0 Å². The first-order chi connectivity index (χ1) is 20.8. The maximum Gasteiger partial charge on any atom is 0.161 e. The summed E-state index contributed by atoms with van der Waals surface area (Å²) in [6.07, 6.45) is 7.54. The van der Waals surface area contributed by atoms with Crippen molar-refractivity contribution in [3.63, 3.8) is 0 Å². The molecule has 0 atom stereocenters. The van der Waals surface area contributed by atoms with Gasteiger partial charge in [-0.05, 0) is 64.1 Å². The van der Waals surface area contributed by atoms with Crippen LogP contribution in [0.15, 0.2) is 155 Å². The van der Waals surface area contributed by atoms with Gasteiger partial charge >= 0.3 is 0 Å². The Morgan fingerprint density at radius 1 is 0.698 bits per heavy atom. The first-order valence-corrected chi connectivity index (χ1v) is 14.6. The van der Waals surface area contributed by atoms with Gasteiger partial charge < -0.3 is 0 Å². The van der Waals surface area contributed by atoms with E-state index >= 15 is 0 Å². The third kappa shape index (κ3) is 7.02. The molecule has 212 valence electrons. The lowest BCUT2D eigenvalue weighted by Gasteiger charge is -2.26. The molecule has 0 saturated heterocycles. The molecule has 0 fully saturated rings. The molecule has 0 saturated carbocycles. The minimum absolute atomic E-state index is 0.189. The third-order valence-corrected chi connectivity index (χ3v) is 7.82. The van der Waals surface area contributed by atoms with Crippen molar-refractivity contribution in [2.45, 2.75) is 33.1 Å². The van der Waals surface area contributed by atoms with E-state index in [0.29, 0.717) is 5.84 Å². The number of rotatable bonds is 7. The van der Waals surface area contributed by atoms with Gasteiger partial charge in [0, 0.05) is 17.2 Å². The SMILES string of the molecule is C/C=C\C=C(/C)C(=N)/N=C(\N=C\c1ccccc1)c1ccc(C(C)(C)c2ccc(-c3ccc4ccccc4c3)cc2)cc1. The van der Waals surface area contributed by atoms with Crippen LogP contribution in [0.25, 0.3) is 21.9 Å². The molecular weight excluding hydrogens is 522 g/mol. The largest absolute Gasteiger partial charge is 0.283 e. The molecule has 0 heterocycles. The van der Waals surface area contributed by atoms with Crippen LogP contribution in [-0.4, -0.2) is 17.9 Å². The molecule has 0 aliphatic rings. The summed E-state index contributed by atoms with van der Waals surface area (Å²) in [4.78, 5) is 9.34. The highest BCUT2D eigenvalue weighted by Gasteiger charge is 2.23. The Labute approximate surface area is 255 Å². The van der Waals surface area contributed by atoms with Crippen molar-refractivity contribution in [2.24, 2.45) is 9.98 Å². The molecule has 0 spiro atoms. The average molecular weight is 560 g/mol. The summed E-state index contributed by atoms with van der Waals surface area (Å²) in [6.45, 7) is 8.34. The molecule has 43 heavy (non-hydrogen) atoms. The molecule has 0 aliphatic carbocycles. The second-order valence-corrected chi connectivity index (χ2v) is 11.2. The minimum atomic E-state index is -0.205. The maximum atomic E-state index is 8.55. The smallest absolute Gasteiger partial charge is 0.161 e. The number of nitrogens with one attached hydrogen (secondary N) is 1. The van der Waals surface area contributed by atoms with Crippen LogP contribution in [0, 0.1) is 5.41 Å². The van der Waals surface area contributed by atoms with Crippen molar-refractivity contribution < 1.29 is 0 Å². The van der Waals surface area contributed by atoms with Crippen LogP contribution in [-0.2, 0) is 5.41 Å². The van der Waals surface area contributed by atoms with Gasteiger partial charge in [-0.25, -0.2) is 9.98 Å². The monoisotopic (exact) mass is 559 g/mol. The fourth-order valence-electron chi connectivity index (χ4n) is 5.01. The summed E-state index contributed by atoms with van der Waals surface area (Å²) in [7, 11) is 0. The van der Waals surface area contributed by atoms with Crippen molar-refractivity contribution >= 4 is 28.7 Å². The van der Waals surface area contributed by atoms with E-state index in [2.05, 4.69) is 110 Å². The number of nitrogens with zero attached hydrogens (tertiary/aromatic N) is 2. The summed E-state index contributed by atoms with van der Waals surface area (Å²) in [5, 5.41) is 11.0. The fourth-order valence-corrected chi connectivity index (χ4v) is 5.01. The lowest BCUT2D eigenvalue weighted by Crippen LogP contribution is -2.19. The Morgan fingerprint density at radius 3 is 1.98 bits per heavy atom.